The van der Waals surface area contributed by atoms with Crippen molar-refractivity contribution in [2.24, 2.45) is 11.1 Å². The maximum Gasteiger partial charge on any atom is 0.0460 e. The summed E-state index contributed by atoms with van der Waals surface area (Å²) in [6, 6.07) is 2.09. The Bertz CT molecular complexity index is 293. The Morgan fingerprint density at radius 2 is 1.61 bits per heavy atom. The van der Waals surface area contributed by atoms with Crippen LogP contribution in [0.25, 0.3) is 0 Å². The fourth-order valence-corrected chi connectivity index (χ4v) is 4.62. The summed E-state index contributed by atoms with van der Waals surface area (Å²) in [6.45, 7) is 10.7. The molecule has 1 spiro atoms. The van der Waals surface area contributed by atoms with Crippen molar-refractivity contribution in [3.63, 3.8) is 0 Å². The SMILES string of the molecule is C[C@@H]1CC(N2CC3(CN(C)C3)C2)C[C@H](C)N1CN. The lowest BCUT2D eigenvalue weighted by Crippen LogP contribution is -2.73. The van der Waals surface area contributed by atoms with Gasteiger partial charge in [-0.25, -0.2) is 0 Å². The van der Waals surface area contributed by atoms with E-state index in [0.717, 1.165) is 6.04 Å². The third-order valence-electron chi connectivity index (χ3n) is 5.37. The van der Waals surface area contributed by atoms with E-state index in [1.807, 2.05) is 0 Å². The Morgan fingerprint density at radius 3 is 2.06 bits per heavy atom. The van der Waals surface area contributed by atoms with Crippen LogP contribution in [0.4, 0.5) is 0 Å². The third kappa shape index (κ3) is 1.99. The molecule has 3 atom stereocenters. The molecule has 0 saturated carbocycles. The summed E-state index contributed by atoms with van der Waals surface area (Å²) < 4.78 is 0. The topological polar surface area (TPSA) is 35.7 Å². The second-order valence-corrected chi connectivity index (χ2v) is 7.10. The monoisotopic (exact) mass is 252 g/mol. The van der Waals surface area contributed by atoms with E-state index in [4.69, 9.17) is 5.73 Å². The number of hydrogen-bond acceptors (Lipinski definition) is 4. The van der Waals surface area contributed by atoms with Gasteiger partial charge in [0.1, 0.15) is 0 Å². The molecule has 4 nitrogen and oxygen atoms in total. The van der Waals surface area contributed by atoms with Crippen LogP contribution >= 0.6 is 0 Å². The van der Waals surface area contributed by atoms with E-state index in [1.54, 1.807) is 0 Å². The summed E-state index contributed by atoms with van der Waals surface area (Å²) in [6.07, 6.45) is 2.60. The van der Waals surface area contributed by atoms with Crippen molar-refractivity contribution in [3.05, 3.63) is 0 Å². The second-order valence-electron chi connectivity index (χ2n) is 7.10. The summed E-state index contributed by atoms with van der Waals surface area (Å²) in [5, 5.41) is 0. The van der Waals surface area contributed by atoms with E-state index >= 15 is 0 Å². The number of hydrogen-bond donors (Lipinski definition) is 1. The van der Waals surface area contributed by atoms with Crippen LogP contribution in [0.1, 0.15) is 26.7 Å². The van der Waals surface area contributed by atoms with Crippen molar-refractivity contribution in [2.75, 3.05) is 39.9 Å². The van der Waals surface area contributed by atoms with Crippen molar-refractivity contribution in [1.82, 2.24) is 14.7 Å². The summed E-state index contributed by atoms with van der Waals surface area (Å²) in [7, 11) is 2.23. The minimum Gasteiger partial charge on any atom is -0.318 e. The van der Waals surface area contributed by atoms with E-state index in [9.17, 15) is 0 Å². The van der Waals surface area contributed by atoms with E-state index < -0.39 is 0 Å². The molecule has 18 heavy (non-hydrogen) atoms. The first kappa shape index (κ1) is 12.9. The second kappa shape index (κ2) is 4.44. The van der Waals surface area contributed by atoms with Crippen LogP contribution in [0.3, 0.4) is 0 Å². The van der Waals surface area contributed by atoms with Gasteiger partial charge in [0, 0.05) is 56.4 Å². The third-order valence-corrected chi connectivity index (χ3v) is 5.37. The molecule has 3 aliphatic rings. The van der Waals surface area contributed by atoms with Crippen molar-refractivity contribution >= 4 is 0 Å². The molecule has 2 N–H and O–H groups in total. The number of nitrogens with zero attached hydrogens (tertiary/aromatic N) is 3. The lowest BCUT2D eigenvalue weighted by molar-refractivity contribution is -0.134. The van der Waals surface area contributed by atoms with Gasteiger partial charge in [0.2, 0.25) is 0 Å². The molecule has 0 aromatic rings. The Morgan fingerprint density at radius 1 is 1.06 bits per heavy atom. The average Bonchev–Trinajstić information content (AvgIpc) is 2.20. The zero-order valence-corrected chi connectivity index (χ0v) is 12.1. The van der Waals surface area contributed by atoms with Crippen molar-refractivity contribution in [1.29, 1.82) is 0 Å². The predicted molar refractivity (Wildman–Crippen MR) is 74.3 cm³/mol. The number of piperidine rings is 1. The van der Waals surface area contributed by atoms with Gasteiger partial charge < -0.3 is 10.6 Å². The highest BCUT2D eigenvalue weighted by Gasteiger charge is 2.52. The molecule has 3 saturated heterocycles. The Kier molecular flexibility index (Phi) is 3.17. The van der Waals surface area contributed by atoms with Gasteiger partial charge in [-0.2, -0.15) is 0 Å². The quantitative estimate of drug-likeness (QED) is 0.771. The summed E-state index contributed by atoms with van der Waals surface area (Å²) >= 11 is 0. The number of rotatable bonds is 2. The first-order chi connectivity index (χ1) is 8.53. The zero-order chi connectivity index (χ0) is 12.9. The van der Waals surface area contributed by atoms with Crippen molar-refractivity contribution in [2.45, 2.75) is 44.8 Å². The fourth-order valence-electron chi connectivity index (χ4n) is 4.62. The van der Waals surface area contributed by atoms with Crippen molar-refractivity contribution in [3.8, 4) is 0 Å². The highest BCUT2D eigenvalue weighted by molar-refractivity contribution is 5.07. The van der Waals surface area contributed by atoms with Crippen LogP contribution in [-0.4, -0.2) is 72.7 Å². The minimum atomic E-state index is 0.643. The van der Waals surface area contributed by atoms with Crippen LogP contribution < -0.4 is 5.73 Å². The Balaban J connectivity index is 1.53. The molecule has 4 heteroatoms. The maximum atomic E-state index is 5.85. The highest BCUT2D eigenvalue weighted by atomic mass is 15.3. The van der Waals surface area contributed by atoms with Gasteiger partial charge in [-0.3, -0.25) is 9.80 Å². The number of nitrogens with two attached hydrogens (primary N) is 1. The largest absolute Gasteiger partial charge is 0.318 e. The van der Waals surface area contributed by atoms with Gasteiger partial charge in [-0.05, 0) is 33.7 Å². The summed E-state index contributed by atoms with van der Waals surface area (Å²) in [5.74, 6) is 0. The average molecular weight is 252 g/mol. The zero-order valence-electron chi connectivity index (χ0n) is 12.1. The lowest BCUT2D eigenvalue weighted by atomic mass is 9.71. The number of likely N-dealkylation sites (tertiary alicyclic amines) is 3. The molecule has 0 aliphatic carbocycles. The van der Waals surface area contributed by atoms with Crippen LogP contribution in [0, 0.1) is 5.41 Å². The van der Waals surface area contributed by atoms with E-state index in [2.05, 4.69) is 35.6 Å². The minimum absolute atomic E-state index is 0.643. The molecule has 0 aromatic carbocycles. The standard InChI is InChI=1S/C14H28N4/c1-11-4-13(5-12(2)18(11)10-15)17-8-14(9-17)6-16(3)7-14/h11-13H,4-10,15H2,1-3H3/t11-,12+,13?. The fraction of sp³-hybridized carbons (Fsp3) is 1.00. The van der Waals surface area contributed by atoms with Gasteiger partial charge in [0.25, 0.3) is 0 Å². The molecule has 3 fully saturated rings. The molecule has 0 amide bonds. The molecule has 1 unspecified atom stereocenters. The first-order valence-electron chi connectivity index (χ1n) is 7.41. The summed E-state index contributed by atoms with van der Waals surface area (Å²) in [5.41, 5.74) is 6.52. The highest BCUT2D eigenvalue weighted by Crippen LogP contribution is 2.42. The van der Waals surface area contributed by atoms with Crippen LogP contribution in [0.2, 0.25) is 0 Å². The molecule has 104 valence electrons. The van der Waals surface area contributed by atoms with E-state index in [-0.39, 0.29) is 0 Å². The molecular weight excluding hydrogens is 224 g/mol. The normalized spacial score (nSPS) is 41.7. The summed E-state index contributed by atoms with van der Waals surface area (Å²) in [4.78, 5) is 7.62. The van der Waals surface area contributed by atoms with E-state index in [1.165, 1.54) is 39.0 Å². The Labute approximate surface area is 111 Å². The van der Waals surface area contributed by atoms with Crippen LogP contribution in [-0.2, 0) is 0 Å². The smallest absolute Gasteiger partial charge is 0.0460 e. The molecule has 0 radical (unpaired) electrons. The molecule has 3 heterocycles. The van der Waals surface area contributed by atoms with E-state index in [0.29, 0.717) is 24.2 Å². The molecule has 3 aliphatic heterocycles. The molecule has 3 rings (SSSR count). The van der Waals surface area contributed by atoms with Crippen molar-refractivity contribution < 1.29 is 0 Å². The maximum absolute atomic E-state index is 5.85. The lowest BCUT2D eigenvalue weighted by Gasteiger charge is -2.62. The van der Waals surface area contributed by atoms with Gasteiger partial charge in [-0.1, -0.05) is 0 Å². The van der Waals surface area contributed by atoms with Gasteiger partial charge in [0.15, 0.2) is 0 Å². The molecule has 0 bridgehead atoms. The van der Waals surface area contributed by atoms with Gasteiger partial charge in [0.05, 0.1) is 0 Å². The van der Waals surface area contributed by atoms with Crippen LogP contribution in [0.15, 0.2) is 0 Å². The molecular formula is C14H28N4. The van der Waals surface area contributed by atoms with Gasteiger partial charge in [-0.15, -0.1) is 0 Å². The Hall–Kier alpha value is -0.160. The van der Waals surface area contributed by atoms with Gasteiger partial charge >= 0.3 is 0 Å². The first-order valence-corrected chi connectivity index (χ1v) is 7.41. The molecule has 0 aromatic heterocycles. The van der Waals surface area contributed by atoms with Crippen LogP contribution in [0.5, 0.6) is 0 Å². The predicted octanol–water partition coefficient (Wildman–Crippen LogP) is 0.391.